The molecule has 2 atom stereocenters. The molecule has 53 heavy (non-hydrogen) atoms. The second kappa shape index (κ2) is 18.1. The Kier molecular flexibility index (Phi) is 13.1. The predicted molar refractivity (Wildman–Crippen MR) is 209 cm³/mol. The number of carbonyl (C=O) groups is 3. The van der Waals surface area contributed by atoms with Crippen molar-refractivity contribution in [2.24, 2.45) is 0 Å². The van der Waals surface area contributed by atoms with E-state index in [1.807, 2.05) is 30.9 Å². The summed E-state index contributed by atoms with van der Waals surface area (Å²) >= 11 is 0. The van der Waals surface area contributed by atoms with Crippen molar-refractivity contribution in [1.82, 2.24) is 29.6 Å². The van der Waals surface area contributed by atoms with Gasteiger partial charge in [-0.15, -0.1) is 0 Å². The lowest BCUT2D eigenvalue weighted by molar-refractivity contribution is -0.138. The van der Waals surface area contributed by atoms with Crippen LogP contribution in [0.5, 0.6) is 11.5 Å². The van der Waals surface area contributed by atoms with Gasteiger partial charge < -0.3 is 24.3 Å². The van der Waals surface area contributed by atoms with Gasteiger partial charge >= 0.3 is 0 Å². The minimum absolute atomic E-state index is 0.0190. The molecule has 11 heteroatoms. The summed E-state index contributed by atoms with van der Waals surface area (Å²) in [5, 5.41) is 2.47. The van der Waals surface area contributed by atoms with Crippen LogP contribution in [0, 0.1) is 0 Å². The minimum Gasteiger partial charge on any atom is -0.497 e. The third-order valence-electron chi connectivity index (χ3n) is 11.5. The molecule has 0 radical (unpaired) electrons. The van der Waals surface area contributed by atoms with Crippen LogP contribution in [0.3, 0.4) is 0 Å². The van der Waals surface area contributed by atoms with Gasteiger partial charge in [-0.05, 0) is 106 Å². The van der Waals surface area contributed by atoms with Gasteiger partial charge in [-0.2, -0.15) is 0 Å². The summed E-state index contributed by atoms with van der Waals surface area (Å²) in [5.74, 6) is 2.07. The number of likely N-dealkylation sites (tertiary alicyclic amines) is 4. The maximum absolute atomic E-state index is 11.8. The summed E-state index contributed by atoms with van der Waals surface area (Å²) in [6.07, 6.45) is 13.6. The Morgan fingerprint density at radius 1 is 0.623 bits per heavy atom. The van der Waals surface area contributed by atoms with Gasteiger partial charge in [-0.3, -0.25) is 29.1 Å². The molecule has 3 amide bonds. The first-order valence-corrected chi connectivity index (χ1v) is 19.8. The van der Waals surface area contributed by atoms with Crippen LogP contribution in [0.1, 0.15) is 76.3 Å². The van der Waals surface area contributed by atoms with Crippen molar-refractivity contribution >= 4 is 39.5 Å². The van der Waals surface area contributed by atoms with Crippen molar-refractivity contribution in [3.63, 3.8) is 0 Å². The average Bonchev–Trinajstić information content (AvgIpc) is 4.06. The fraction of sp³-hybridized carbons (Fsp3) is 0.548. The molecule has 0 aliphatic carbocycles. The molecular formula is C42H58N6O5. The molecule has 4 aliphatic rings. The van der Waals surface area contributed by atoms with E-state index in [1.165, 1.54) is 45.2 Å². The fourth-order valence-corrected chi connectivity index (χ4v) is 8.55. The van der Waals surface area contributed by atoms with Crippen molar-refractivity contribution in [3.05, 3.63) is 59.9 Å². The van der Waals surface area contributed by atoms with Gasteiger partial charge in [0.15, 0.2) is 0 Å². The SMILES string of the molecule is CC.COc1ccc2[nH]cc(CC3CCCN3CCN3C(=O)CCC3=O)c2c1.COc1ccc2[nH]cc(CC3CCCN3CCN3CCCC3=O)c2c1. The smallest absolute Gasteiger partial charge is 0.229 e. The third kappa shape index (κ3) is 9.07. The molecule has 0 bridgehead atoms. The number of H-pyrrole nitrogens is 2. The van der Waals surface area contributed by atoms with Crippen LogP contribution < -0.4 is 9.47 Å². The highest BCUT2D eigenvalue weighted by Crippen LogP contribution is 2.30. The van der Waals surface area contributed by atoms with Crippen LogP contribution in [0.25, 0.3) is 21.8 Å². The molecule has 286 valence electrons. The van der Waals surface area contributed by atoms with E-state index in [0.29, 0.717) is 37.4 Å². The zero-order valence-corrected chi connectivity index (χ0v) is 32.1. The summed E-state index contributed by atoms with van der Waals surface area (Å²) in [7, 11) is 3.40. The van der Waals surface area contributed by atoms with Crippen molar-refractivity contribution in [2.75, 3.05) is 60.0 Å². The number of carbonyl (C=O) groups excluding carboxylic acids is 3. The molecule has 8 rings (SSSR count). The van der Waals surface area contributed by atoms with E-state index < -0.39 is 0 Å². The monoisotopic (exact) mass is 726 g/mol. The first-order chi connectivity index (χ1) is 25.9. The standard InChI is InChI=1S/C20H25N3O3.C20H27N3O2.C2H6/c1-26-16-4-5-18-17(12-16)14(13-21-18)11-15-3-2-8-22(15)9-10-23-19(24)6-7-20(23)25;1-25-17-6-7-19-18(13-17)15(14-21-19)12-16-4-2-8-22(16)10-11-23-9-3-5-20(23)24;1-2/h4-5,12-13,15,21H,2-3,6-11H2,1H3;6-7,13-14,16,21H,2-5,8-12H2,1H3;1-2H3. The third-order valence-corrected chi connectivity index (χ3v) is 11.5. The zero-order chi connectivity index (χ0) is 37.3. The molecule has 4 fully saturated rings. The number of aromatic amines is 2. The summed E-state index contributed by atoms with van der Waals surface area (Å²) < 4.78 is 10.7. The molecular weight excluding hydrogens is 668 g/mol. The zero-order valence-electron chi connectivity index (χ0n) is 32.1. The second-order valence-corrected chi connectivity index (χ2v) is 14.4. The normalized spacial score (nSPS) is 20.7. The van der Waals surface area contributed by atoms with Crippen LogP contribution in [0.15, 0.2) is 48.8 Å². The first kappa shape index (κ1) is 38.4. The number of fused-ring (bicyclic) bond motifs is 2. The summed E-state index contributed by atoms with van der Waals surface area (Å²) in [4.78, 5) is 50.6. The fourth-order valence-electron chi connectivity index (χ4n) is 8.55. The van der Waals surface area contributed by atoms with Crippen molar-refractivity contribution in [1.29, 1.82) is 0 Å². The maximum atomic E-state index is 11.8. The number of rotatable bonds is 12. The summed E-state index contributed by atoms with van der Waals surface area (Å²) in [5.41, 5.74) is 4.95. The van der Waals surface area contributed by atoms with Gasteiger partial charge in [0.05, 0.1) is 14.2 Å². The number of aromatic nitrogens is 2. The van der Waals surface area contributed by atoms with E-state index in [0.717, 1.165) is 94.8 Å². The number of hydrogen-bond donors (Lipinski definition) is 2. The number of ether oxygens (including phenoxy) is 2. The number of hydrogen-bond acceptors (Lipinski definition) is 7. The van der Waals surface area contributed by atoms with E-state index in [1.54, 1.807) is 14.2 Å². The highest BCUT2D eigenvalue weighted by Gasteiger charge is 2.32. The van der Waals surface area contributed by atoms with Gasteiger partial charge in [0.1, 0.15) is 11.5 Å². The molecule has 0 spiro atoms. The van der Waals surface area contributed by atoms with Crippen molar-refractivity contribution < 1.29 is 23.9 Å². The largest absolute Gasteiger partial charge is 0.497 e. The van der Waals surface area contributed by atoms with Crippen LogP contribution in [0.4, 0.5) is 0 Å². The van der Waals surface area contributed by atoms with E-state index in [9.17, 15) is 14.4 Å². The number of benzene rings is 2. The van der Waals surface area contributed by atoms with Crippen LogP contribution in [0.2, 0.25) is 0 Å². The van der Waals surface area contributed by atoms with Crippen LogP contribution in [-0.2, 0) is 27.2 Å². The van der Waals surface area contributed by atoms with Crippen molar-refractivity contribution in [3.8, 4) is 11.5 Å². The Bertz CT molecular complexity index is 1830. The van der Waals surface area contributed by atoms with Gasteiger partial charge in [0.2, 0.25) is 17.7 Å². The number of nitrogens with one attached hydrogen (secondary N) is 2. The maximum Gasteiger partial charge on any atom is 0.229 e. The van der Waals surface area contributed by atoms with Gasteiger partial charge in [0.25, 0.3) is 0 Å². The molecule has 4 saturated heterocycles. The molecule has 2 N–H and O–H groups in total. The molecule has 2 unspecified atom stereocenters. The average molecular weight is 727 g/mol. The summed E-state index contributed by atoms with van der Waals surface area (Å²) in [6, 6.07) is 13.3. The van der Waals surface area contributed by atoms with E-state index in [-0.39, 0.29) is 11.8 Å². The summed E-state index contributed by atoms with van der Waals surface area (Å²) in [6.45, 7) is 10.3. The van der Waals surface area contributed by atoms with Gasteiger partial charge in [-0.25, -0.2) is 0 Å². The highest BCUT2D eigenvalue weighted by molar-refractivity contribution is 6.01. The molecule has 11 nitrogen and oxygen atoms in total. The topological polar surface area (TPSA) is 114 Å². The van der Waals surface area contributed by atoms with E-state index in [2.05, 4.69) is 56.4 Å². The Hall–Kier alpha value is -4.35. The highest BCUT2D eigenvalue weighted by atomic mass is 16.5. The lowest BCUT2D eigenvalue weighted by Crippen LogP contribution is -2.40. The second-order valence-electron chi connectivity index (χ2n) is 14.4. The van der Waals surface area contributed by atoms with Gasteiger partial charge in [0, 0.05) is 98.3 Å². The Morgan fingerprint density at radius 3 is 1.60 bits per heavy atom. The van der Waals surface area contributed by atoms with E-state index >= 15 is 0 Å². The van der Waals surface area contributed by atoms with Gasteiger partial charge in [-0.1, -0.05) is 13.8 Å². The Morgan fingerprint density at radius 2 is 1.13 bits per heavy atom. The first-order valence-electron chi connectivity index (χ1n) is 19.8. The van der Waals surface area contributed by atoms with Crippen molar-refractivity contribution in [2.45, 2.75) is 90.1 Å². The quantitative estimate of drug-likeness (QED) is 0.168. The minimum atomic E-state index is -0.0190. The molecule has 2 aromatic carbocycles. The number of amides is 3. The lowest BCUT2D eigenvalue weighted by Gasteiger charge is -2.27. The van der Waals surface area contributed by atoms with Crippen LogP contribution >= 0.6 is 0 Å². The molecule has 0 saturated carbocycles. The number of imide groups is 1. The lowest BCUT2D eigenvalue weighted by atomic mass is 10.0. The predicted octanol–water partition coefficient (Wildman–Crippen LogP) is 6.16. The van der Waals surface area contributed by atoms with E-state index in [4.69, 9.17) is 9.47 Å². The molecule has 2 aromatic heterocycles. The number of methoxy groups -OCH3 is 2. The molecule has 4 aliphatic heterocycles. The molecule has 6 heterocycles. The molecule has 4 aromatic rings. The Balaban J connectivity index is 0.000000173. The number of nitrogens with zero attached hydrogens (tertiary/aromatic N) is 4. The van der Waals surface area contributed by atoms with Crippen LogP contribution in [-0.4, -0.2) is 119 Å². The Labute approximate surface area is 313 Å².